The molecule has 0 aliphatic rings. The van der Waals surface area contributed by atoms with Gasteiger partial charge in [-0.05, 0) is 89.4 Å². The minimum atomic E-state index is -2.50. The van der Waals surface area contributed by atoms with E-state index in [1.165, 1.54) is 34.0 Å². The van der Waals surface area contributed by atoms with Crippen molar-refractivity contribution in [3.05, 3.63) is 174 Å². The molecular weight excluding hydrogens is 851 g/mol. The largest absolute Gasteiger partial charge is 0.501 e. The summed E-state index contributed by atoms with van der Waals surface area (Å²) in [4.78, 5) is 9.28. The molecular formula is C50H43IrN3O-2. The molecule has 0 saturated carbocycles. The van der Waals surface area contributed by atoms with E-state index in [1.807, 2.05) is 18.2 Å². The molecule has 0 N–H and O–H groups in total. The average molecular weight is 900 g/mol. The Morgan fingerprint density at radius 2 is 1.38 bits per heavy atom. The van der Waals surface area contributed by atoms with Crippen molar-refractivity contribution in [2.75, 3.05) is 0 Å². The van der Waals surface area contributed by atoms with E-state index in [1.54, 1.807) is 24.3 Å². The summed E-state index contributed by atoms with van der Waals surface area (Å²) in [5.74, 6) is 1.45. The Bertz CT molecular complexity index is 2940. The monoisotopic (exact) mass is 900 g/mol. The first-order chi connectivity index (χ1) is 28.7. The third kappa shape index (κ3) is 7.31. The predicted octanol–water partition coefficient (Wildman–Crippen LogP) is 13.5. The van der Waals surface area contributed by atoms with E-state index in [-0.39, 0.29) is 31.2 Å². The van der Waals surface area contributed by atoms with Crippen molar-refractivity contribution in [2.45, 2.75) is 53.2 Å². The predicted molar refractivity (Wildman–Crippen MR) is 224 cm³/mol. The quantitative estimate of drug-likeness (QED) is 0.156. The zero-order valence-electron chi connectivity index (χ0n) is 37.0. The van der Waals surface area contributed by atoms with Crippen LogP contribution in [-0.2, 0) is 20.1 Å². The molecule has 0 spiro atoms. The third-order valence-corrected chi connectivity index (χ3v) is 9.76. The van der Waals surface area contributed by atoms with Crippen molar-refractivity contribution in [3.8, 4) is 39.5 Å². The summed E-state index contributed by atoms with van der Waals surface area (Å²) in [6.07, 6.45) is 1.12. The van der Waals surface area contributed by atoms with Crippen LogP contribution in [0.2, 0.25) is 0 Å². The van der Waals surface area contributed by atoms with E-state index in [0.29, 0.717) is 23.1 Å². The van der Waals surface area contributed by atoms with Crippen molar-refractivity contribution in [2.24, 2.45) is 0 Å². The van der Waals surface area contributed by atoms with Crippen molar-refractivity contribution in [1.82, 2.24) is 14.5 Å². The molecule has 0 unspecified atom stereocenters. The van der Waals surface area contributed by atoms with Crippen LogP contribution >= 0.6 is 0 Å². The second-order valence-corrected chi connectivity index (χ2v) is 14.0. The number of hydrogen-bond acceptors (Lipinski definition) is 3. The molecule has 0 amide bonds. The van der Waals surface area contributed by atoms with Crippen LogP contribution in [-0.4, -0.2) is 14.5 Å². The first-order valence-electron chi connectivity index (χ1n) is 21.2. The molecule has 1 radical (unpaired) electrons. The molecule has 0 fully saturated rings. The summed E-state index contributed by atoms with van der Waals surface area (Å²) in [6, 6.07) is 50.9. The Balaban J connectivity index is 0.000000226. The van der Waals surface area contributed by atoms with Crippen LogP contribution in [0.25, 0.3) is 72.4 Å². The molecule has 6 aromatic carbocycles. The number of benzene rings is 6. The zero-order valence-corrected chi connectivity index (χ0v) is 33.4. The van der Waals surface area contributed by atoms with Gasteiger partial charge < -0.3 is 14.0 Å². The van der Waals surface area contributed by atoms with Gasteiger partial charge in [-0.25, -0.2) is 0 Å². The number of pyridine rings is 1. The first-order valence-corrected chi connectivity index (χ1v) is 18.2. The third-order valence-electron chi connectivity index (χ3n) is 9.76. The molecule has 0 saturated heterocycles. The van der Waals surface area contributed by atoms with Gasteiger partial charge in [-0.15, -0.1) is 54.1 Å². The van der Waals surface area contributed by atoms with Crippen molar-refractivity contribution in [1.29, 1.82) is 0 Å². The number of para-hydroxylation sites is 3. The van der Waals surface area contributed by atoms with Gasteiger partial charge in [-0.2, -0.15) is 0 Å². The number of fused-ring (bicyclic) bond motifs is 4. The molecule has 5 heteroatoms. The molecule has 0 bridgehead atoms. The summed E-state index contributed by atoms with van der Waals surface area (Å²) in [5.41, 5.74) is 11.5. The van der Waals surface area contributed by atoms with Gasteiger partial charge in [0, 0.05) is 45.6 Å². The van der Waals surface area contributed by atoms with Crippen LogP contribution in [0.15, 0.2) is 144 Å². The van der Waals surface area contributed by atoms with Crippen LogP contribution < -0.4 is 0 Å². The number of rotatable bonds is 6. The van der Waals surface area contributed by atoms with Gasteiger partial charge in [0.25, 0.3) is 0 Å². The molecule has 4 nitrogen and oxygen atoms in total. The normalized spacial score (nSPS) is 13.3. The van der Waals surface area contributed by atoms with Gasteiger partial charge in [-0.3, -0.25) is 4.98 Å². The minimum Gasteiger partial charge on any atom is -0.501 e. The summed E-state index contributed by atoms with van der Waals surface area (Å²) in [7, 11) is 0. The number of imidazole rings is 1. The van der Waals surface area contributed by atoms with Gasteiger partial charge >= 0.3 is 0 Å². The standard InChI is InChI=1S/C37H31N2O.C13H12N.Ir/c1-23(2)30-21-26(25-13-6-5-7-14-25)22-31(24(3)4)35(30)39-33-19-10-9-18-32(33)38-37(39)29-17-12-16-28-27-15-8-11-20-34(27)40-36(28)29;1-10-8-13(14-9-11(10)2)12-6-4-3-5-7-12;/h5-16,18-24H,1-4H3;3-6,8-9H,1-2H3;/q2*-1;/i;1D3,2D3;. The van der Waals surface area contributed by atoms with Crippen molar-refractivity contribution in [3.63, 3.8) is 0 Å². The SMILES string of the molecule is CC(C)c1cc(-c2ccccc2)cc(C(C)C)c1-n1c(-c2[c-]ccc3c2oc2ccccc23)nc2ccccc21.[2H]C([2H])([2H])c1cnc(-c2[c-]cccc2)cc1C([2H])([2H])[2H].[Ir]. The summed E-state index contributed by atoms with van der Waals surface area (Å²) >= 11 is 0. The number of furan rings is 1. The maximum absolute atomic E-state index is 7.50. The Kier molecular flexibility index (Phi) is 8.93. The molecule has 55 heavy (non-hydrogen) atoms. The Morgan fingerprint density at radius 1 is 0.673 bits per heavy atom. The van der Waals surface area contributed by atoms with Crippen LogP contribution in [0.5, 0.6) is 0 Å². The fraction of sp³-hybridized carbons (Fsp3) is 0.160. The summed E-state index contributed by atoms with van der Waals surface area (Å²) in [6.45, 7) is 4.11. The Morgan fingerprint density at radius 3 is 2.11 bits per heavy atom. The molecule has 9 rings (SSSR count). The van der Waals surface area contributed by atoms with E-state index in [4.69, 9.17) is 17.6 Å². The second kappa shape index (κ2) is 16.0. The minimum absolute atomic E-state index is 0. The second-order valence-electron chi connectivity index (χ2n) is 14.0. The first kappa shape index (κ1) is 30.7. The number of nitrogens with zero attached hydrogens (tertiary/aromatic N) is 3. The Labute approximate surface area is 345 Å². The molecule has 3 heterocycles. The van der Waals surface area contributed by atoms with E-state index >= 15 is 0 Å². The number of hydrogen-bond donors (Lipinski definition) is 0. The maximum Gasteiger partial charge on any atom is 0.120 e. The van der Waals surface area contributed by atoms with Crippen LogP contribution in [0.3, 0.4) is 0 Å². The van der Waals surface area contributed by atoms with E-state index in [0.717, 1.165) is 50.6 Å². The molecule has 3 aromatic heterocycles. The van der Waals surface area contributed by atoms with Gasteiger partial charge in [0.15, 0.2) is 0 Å². The van der Waals surface area contributed by atoms with Crippen LogP contribution in [0.1, 0.15) is 70.0 Å². The summed E-state index contributed by atoms with van der Waals surface area (Å²) < 4.78 is 53.5. The fourth-order valence-corrected chi connectivity index (χ4v) is 7.05. The zero-order chi connectivity index (χ0) is 42.3. The molecule has 0 aliphatic heterocycles. The number of aryl methyl sites for hydroxylation is 2. The van der Waals surface area contributed by atoms with Crippen LogP contribution in [0, 0.1) is 25.8 Å². The topological polar surface area (TPSA) is 43.9 Å². The van der Waals surface area contributed by atoms with E-state index < -0.39 is 13.7 Å². The van der Waals surface area contributed by atoms with Crippen LogP contribution in [0.4, 0.5) is 0 Å². The van der Waals surface area contributed by atoms with Gasteiger partial charge in [0.05, 0.1) is 22.4 Å². The Hall–Kier alpha value is -5.61. The molecule has 9 aromatic rings. The molecule has 0 atom stereocenters. The fourth-order valence-electron chi connectivity index (χ4n) is 7.05. The average Bonchev–Trinajstić information content (AvgIpc) is 3.82. The smallest absolute Gasteiger partial charge is 0.120 e. The van der Waals surface area contributed by atoms with E-state index in [9.17, 15) is 0 Å². The van der Waals surface area contributed by atoms with Crippen molar-refractivity contribution >= 4 is 33.0 Å². The van der Waals surface area contributed by atoms with Gasteiger partial charge in [0.2, 0.25) is 0 Å². The molecule has 0 aliphatic carbocycles. The summed E-state index contributed by atoms with van der Waals surface area (Å²) in [5, 5.41) is 2.18. The number of aromatic nitrogens is 3. The van der Waals surface area contributed by atoms with Crippen molar-refractivity contribution < 1.29 is 32.7 Å². The van der Waals surface area contributed by atoms with Gasteiger partial charge in [-0.1, -0.05) is 111 Å². The maximum atomic E-state index is 7.50. The van der Waals surface area contributed by atoms with Gasteiger partial charge in [0.1, 0.15) is 5.58 Å². The molecule has 275 valence electrons. The van der Waals surface area contributed by atoms with E-state index in [2.05, 4.69) is 134 Å².